The van der Waals surface area contributed by atoms with Gasteiger partial charge in [-0.25, -0.2) is 0 Å². The highest BCUT2D eigenvalue weighted by Crippen LogP contribution is 1.50. The largest absolute Gasteiger partial charge is 0.300 e. The Bertz CT molecular complexity index is 65.6. The van der Waals surface area contributed by atoms with E-state index in [2.05, 4.69) is 0 Å². The Morgan fingerprint density at radius 2 is 0.727 bits per heavy atom. The van der Waals surface area contributed by atoms with Crippen LogP contribution in [0.5, 0.6) is 0 Å². The number of Topliss-reactive ketones (excluding diaryl/α,β-unsaturated/α-hetero) is 2. The van der Waals surface area contributed by atoms with Gasteiger partial charge >= 0.3 is 0 Å². The molecule has 0 aromatic carbocycles. The van der Waals surface area contributed by atoms with E-state index in [0.717, 1.165) is 0 Å². The van der Waals surface area contributed by atoms with Crippen LogP contribution in [0, 0.1) is 0 Å². The van der Waals surface area contributed by atoms with Gasteiger partial charge in [0.1, 0.15) is 11.6 Å². The Labute approximate surface area is 71.0 Å². The summed E-state index contributed by atoms with van der Waals surface area (Å²) in [6, 6.07) is 0. The maximum absolute atomic E-state index is 9.44. The van der Waals surface area contributed by atoms with Gasteiger partial charge < -0.3 is 9.59 Å². The summed E-state index contributed by atoms with van der Waals surface area (Å²) in [5.74, 6) is 0.333. The van der Waals surface area contributed by atoms with Crippen molar-refractivity contribution in [2.75, 3.05) is 0 Å². The van der Waals surface area contributed by atoms with Gasteiger partial charge in [0.2, 0.25) is 0 Å². The zero-order valence-electron chi connectivity index (χ0n) is 7.82. The van der Waals surface area contributed by atoms with Gasteiger partial charge in [0.15, 0.2) is 0 Å². The van der Waals surface area contributed by atoms with Crippen LogP contribution in [-0.4, -0.2) is 11.6 Å². The molecule has 0 saturated heterocycles. The molecule has 0 aromatic rings. The third kappa shape index (κ3) is 1160. The molecule has 0 rings (SSSR count). The van der Waals surface area contributed by atoms with E-state index in [9.17, 15) is 9.59 Å². The van der Waals surface area contributed by atoms with E-state index < -0.39 is 0 Å². The summed E-state index contributed by atoms with van der Waals surface area (Å²) in [5, 5.41) is 0. The van der Waals surface area contributed by atoms with E-state index in [1.807, 2.05) is 13.8 Å². The number of carbonyl (C=O) groups is 2. The minimum absolute atomic E-state index is 0. The van der Waals surface area contributed by atoms with Crippen LogP contribution in [0.25, 0.3) is 0 Å². The third-order valence-electron chi connectivity index (χ3n) is 0. The van der Waals surface area contributed by atoms with E-state index in [1.165, 1.54) is 27.7 Å². The molecule has 0 heterocycles. The minimum atomic E-state index is 0. The van der Waals surface area contributed by atoms with Crippen LogP contribution in [0.2, 0.25) is 0 Å². The lowest BCUT2D eigenvalue weighted by molar-refractivity contribution is -0.115. The molecule has 11 heavy (non-hydrogen) atoms. The molecule has 0 saturated carbocycles. The SMILES string of the molecule is C.CC.CC(C)=O.CC(C)=O. The first-order valence-corrected chi connectivity index (χ1v) is 3.41. The van der Waals surface area contributed by atoms with Gasteiger partial charge in [-0.1, -0.05) is 21.3 Å². The first-order chi connectivity index (χ1) is 4.46. The normalized spacial score (nSPS) is 5.27. The quantitative estimate of drug-likeness (QED) is 0.549. The summed E-state index contributed by atoms with van der Waals surface area (Å²) >= 11 is 0. The second-order valence-electron chi connectivity index (χ2n) is 1.82. The molecule has 2 heteroatoms. The highest BCUT2D eigenvalue weighted by molar-refractivity contribution is 5.72. The lowest BCUT2D eigenvalue weighted by atomic mass is 10.6. The summed E-state index contributed by atoms with van der Waals surface area (Å²) in [6.45, 7) is 10.1. The summed E-state index contributed by atoms with van der Waals surface area (Å²) in [6.07, 6.45) is 0. The summed E-state index contributed by atoms with van der Waals surface area (Å²) in [4.78, 5) is 18.9. The highest BCUT2D eigenvalue weighted by Gasteiger charge is 1.62. The molecule has 0 fully saturated rings. The molecule has 0 spiro atoms. The molecule has 70 valence electrons. The monoisotopic (exact) mass is 162 g/mol. The van der Waals surface area contributed by atoms with Gasteiger partial charge in [-0.2, -0.15) is 0 Å². The first kappa shape index (κ1) is 22.4. The molecule has 0 bridgehead atoms. The Balaban J connectivity index is -0.0000000339. The lowest BCUT2D eigenvalue weighted by Crippen LogP contribution is -1.69. The second-order valence-corrected chi connectivity index (χ2v) is 1.82. The van der Waals surface area contributed by atoms with Crippen LogP contribution in [0.4, 0.5) is 0 Å². The predicted molar refractivity (Wildman–Crippen MR) is 50.8 cm³/mol. The van der Waals surface area contributed by atoms with Gasteiger partial charge in [0, 0.05) is 0 Å². The molecule has 0 radical (unpaired) electrons. The Hall–Kier alpha value is -0.660. The Morgan fingerprint density at radius 1 is 0.727 bits per heavy atom. The van der Waals surface area contributed by atoms with E-state index in [-0.39, 0.29) is 19.0 Å². The van der Waals surface area contributed by atoms with Crippen molar-refractivity contribution >= 4 is 11.6 Å². The molecule has 0 aliphatic heterocycles. The minimum Gasteiger partial charge on any atom is -0.300 e. The van der Waals surface area contributed by atoms with Crippen LogP contribution in [0.3, 0.4) is 0 Å². The lowest BCUT2D eigenvalue weighted by Gasteiger charge is -1.56. The average molecular weight is 162 g/mol. The van der Waals surface area contributed by atoms with Gasteiger partial charge in [-0.3, -0.25) is 0 Å². The van der Waals surface area contributed by atoms with Crippen LogP contribution in [-0.2, 0) is 9.59 Å². The smallest absolute Gasteiger partial charge is 0.126 e. The van der Waals surface area contributed by atoms with Gasteiger partial charge in [0.25, 0.3) is 0 Å². The fourth-order valence-electron chi connectivity index (χ4n) is 0. The van der Waals surface area contributed by atoms with Crippen molar-refractivity contribution in [3.8, 4) is 0 Å². The molecule has 0 N–H and O–H groups in total. The number of ketones is 2. The average Bonchev–Trinajstić information content (AvgIpc) is 1.66. The fraction of sp³-hybridized carbons (Fsp3) is 0.778. The molecule has 0 aliphatic rings. The molecular weight excluding hydrogens is 140 g/mol. The molecule has 0 atom stereocenters. The molecule has 0 unspecified atom stereocenters. The first-order valence-electron chi connectivity index (χ1n) is 3.41. The van der Waals surface area contributed by atoms with Crippen molar-refractivity contribution in [2.45, 2.75) is 49.0 Å². The third-order valence-corrected chi connectivity index (χ3v) is 0. The summed E-state index contributed by atoms with van der Waals surface area (Å²) in [5.41, 5.74) is 0. The van der Waals surface area contributed by atoms with E-state index >= 15 is 0 Å². The predicted octanol–water partition coefficient (Wildman–Crippen LogP) is 2.85. The van der Waals surface area contributed by atoms with E-state index in [1.54, 1.807) is 0 Å². The maximum Gasteiger partial charge on any atom is 0.126 e. The molecular formula is C9H22O2. The van der Waals surface area contributed by atoms with Crippen molar-refractivity contribution in [3.05, 3.63) is 0 Å². The zero-order chi connectivity index (χ0) is 9.15. The maximum atomic E-state index is 9.44. The molecule has 0 aromatic heterocycles. The van der Waals surface area contributed by atoms with Crippen LogP contribution in [0.1, 0.15) is 49.0 Å². The van der Waals surface area contributed by atoms with Crippen molar-refractivity contribution in [1.29, 1.82) is 0 Å². The molecule has 0 aliphatic carbocycles. The van der Waals surface area contributed by atoms with Gasteiger partial charge in [-0.15, -0.1) is 0 Å². The highest BCUT2D eigenvalue weighted by atomic mass is 16.1. The van der Waals surface area contributed by atoms with Gasteiger partial charge in [-0.05, 0) is 27.7 Å². The van der Waals surface area contributed by atoms with Crippen LogP contribution < -0.4 is 0 Å². The van der Waals surface area contributed by atoms with Gasteiger partial charge in [0.05, 0.1) is 0 Å². The van der Waals surface area contributed by atoms with E-state index in [4.69, 9.17) is 0 Å². The van der Waals surface area contributed by atoms with Crippen molar-refractivity contribution in [1.82, 2.24) is 0 Å². The number of carbonyl (C=O) groups excluding carboxylic acids is 2. The summed E-state index contributed by atoms with van der Waals surface area (Å²) < 4.78 is 0. The standard InChI is InChI=1S/2C3H6O.C2H6.CH4/c2*1-3(2)4;1-2;/h2*1-2H3;1-2H3;1H4. The number of rotatable bonds is 0. The molecule has 0 amide bonds. The number of hydrogen-bond donors (Lipinski definition) is 0. The zero-order valence-corrected chi connectivity index (χ0v) is 7.82. The van der Waals surface area contributed by atoms with Crippen LogP contribution in [0.15, 0.2) is 0 Å². The fourth-order valence-corrected chi connectivity index (χ4v) is 0. The van der Waals surface area contributed by atoms with Crippen molar-refractivity contribution in [2.24, 2.45) is 0 Å². The summed E-state index contributed by atoms with van der Waals surface area (Å²) in [7, 11) is 0. The second kappa shape index (κ2) is 22.8. The Kier molecular flexibility index (Phi) is 46.5. The number of hydrogen-bond acceptors (Lipinski definition) is 2. The van der Waals surface area contributed by atoms with E-state index in [0.29, 0.717) is 0 Å². The Morgan fingerprint density at radius 3 is 0.727 bits per heavy atom. The van der Waals surface area contributed by atoms with Crippen molar-refractivity contribution in [3.63, 3.8) is 0 Å². The van der Waals surface area contributed by atoms with Crippen molar-refractivity contribution < 1.29 is 9.59 Å². The topological polar surface area (TPSA) is 34.1 Å². The van der Waals surface area contributed by atoms with Crippen LogP contribution >= 0.6 is 0 Å². The molecule has 2 nitrogen and oxygen atoms in total.